The molecule has 3 atom stereocenters. The molecule has 0 amide bonds. The van der Waals surface area contributed by atoms with Crippen LogP contribution in [0.15, 0.2) is 29.9 Å². The summed E-state index contributed by atoms with van der Waals surface area (Å²) in [7, 11) is 0. The number of ether oxygens (including phenoxy) is 1. The first-order chi connectivity index (χ1) is 11.2. The molecule has 1 saturated carbocycles. The van der Waals surface area contributed by atoms with Gasteiger partial charge in [-0.25, -0.2) is 4.98 Å². The highest BCUT2D eigenvalue weighted by atomic mass is 32.1. The molecule has 2 aromatic rings. The molecule has 2 fully saturated rings. The maximum Gasteiger partial charge on any atom is 0.0945 e. The van der Waals surface area contributed by atoms with Crippen molar-refractivity contribution in [3.05, 3.63) is 34.9 Å². The second kappa shape index (κ2) is 5.96. The van der Waals surface area contributed by atoms with E-state index in [1.54, 1.807) is 11.3 Å². The molecule has 1 N–H and O–H groups in total. The Bertz CT molecular complexity index is 670. The summed E-state index contributed by atoms with van der Waals surface area (Å²) in [4.78, 5) is 8.81. The van der Waals surface area contributed by atoms with Gasteiger partial charge in [-0.2, -0.15) is 0 Å². The lowest BCUT2D eigenvalue weighted by atomic mass is 9.57. The SMILES string of the molecule is CC1(C)C(NCCc2nc(-c3ccncc3)cs2)C2CCOC21. The standard InChI is InChI=1S/C18H23N3OS/c1-18(2)16(13-6-10-22-17(13)18)20-9-5-15-21-14(11-23-15)12-3-7-19-8-4-12/h3-4,7-8,11,13,16-17,20H,5-6,9-10H2,1-2H3. The van der Waals surface area contributed by atoms with Crippen molar-refractivity contribution < 1.29 is 4.74 Å². The summed E-state index contributed by atoms with van der Waals surface area (Å²) in [5.74, 6) is 0.702. The summed E-state index contributed by atoms with van der Waals surface area (Å²) >= 11 is 1.74. The minimum atomic E-state index is 0.256. The van der Waals surface area contributed by atoms with Crippen molar-refractivity contribution in [3.63, 3.8) is 0 Å². The number of thiazole rings is 1. The van der Waals surface area contributed by atoms with Crippen molar-refractivity contribution in [1.29, 1.82) is 0 Å². The third-order valence-corrected chi connectivity index (χ3v) is 6.24. The number of pyridine rings is 1. The normalized spacial score (nSPS) is 28.3. The third-order valence-electron chi connectivity index (χ3n) is 5.33. The van der Waals surface area contributed by atoms with E-state index < -0.39 is 0 Å². The number of rotatable bonds is 5. The summed E-state index contributed by atoms with van der Waals surface area (Å²) in [6, 6.07) is 4.59. The molecule has 1 saturated heterocycles. The van der Waals surface area contributed by atoms with E-state index in [0.29, 0.717) is 18.1 Å². The van der Waals surface area contributed by atoms with E-state index in [1.165, 1.54) is 11.4 Å². The average Bonchev–Trinajstić information content (AvgIpc) is 3.20. The zero-order valence-electron chi connectivity index (χ0n) is 13.7. The molecule has 1 aliphatic heterocycles. The molecule has 0 radical (unpaired) electrons. The van der Waals surface area contributed by atoms with Crippen LogP contribution in [0, 0.1) is 11.3 Å². The van der Waals surface area contributed by atoms with Gasteiger partial charge in [0.2, 0.25) is 0 Å². The summed E-state index contributed by atoms with van der Waals surface area (Å²) in [5, 5.41) is 7.09. The molecule has 23 heavy (non-hydrogen) atoms. The molecule has 0 spiro atoms. The highest BCUT2D eigenvalue weighted by molar-refractivity contribution is 7.09. The monoisotopic (exact) mass is 329 g/mol. The average molecular weight is 329 g/mol. The molecule has 0 aromatic carbocycles. The van der Waals surface area contributed by atoms with Crippen LogP contribution in [-0.2, 0) is 11.2 Å². The molecular formula is C18H23N3OS. The molecule has 122 valence electrons. The number of hydrogen-bond acceptors (Lipinski definition) is 5. The van der Waals surface area contributed by atoms with Crippen LogP contribution < -0.4 is 5.32 Å². The van der Waals surface area contributed by atoms with Crippen LogP contribution in [0.25, 0.3) is 11.3 Å². The number of hydrogen-bond donors (Lipinski definition) is 1. The topological polar surface area (TPSA) is 47.0 Å². The molecule has 3 unspecified atom stereocenters. The van der Waals surface area contributed by atoms with Crippen molar-refractivity contribution in [2.45, 2.75) is 38.8 Å². The van der Waals surface area contributed by atoms with Gasteiger partial charge < -0.3 is 10.1 Å². The molecule has 0 bridgehead atoms. The van der Waals surface area contributed by atoms with Gasteiger partial charge in [0.15, 0.2) is 0 Å². The first-order valence-corrected chi connectivity index (χ1v) is 9.24. The minimum absolute atomic E-state index is 0.256. The summed E-state index contributed by atoms with van der Waals surface area (Å²) in [6.45, 7) is 6.56. The molecular weight excluding hydrogens is 306 g/mol. The summed E-state index contributed by atoms with van der Waals surface area (Å²) < 4.78 is 5.86. The van der Waals surface area contributed by atoms with Crippen molar-refractivity contribution >= 4 is 11.3 Å². The van der Waals surface area contributed by atoms with E-state index in [-0.39, 0.29) is 5.41 Å². The smallest absolute Gasteiger partial charge is 0.0945 e. The van der Waals surface area contributed by atoms with E-state index in [0.717, 1.165) is 30.8 Å². The summed E-state index contributed by atoms with van der Waals surface area (Å²) in [6.07, 6.45) is 6.28. The predicted molar refractivity (Wildman–Crippen MR) is 92.5 cm³/mol. The largest absolute Gasteiger partial charge is 0.377 e. The highest BCUT2D eigenvalue weighted by Gasteiger charge is 2.58. The summed E-state index contributed by atoms with van der Waals surface area (Å²) in [5.41, 5.74) is 2.45. The van der Waals surface area contributed by atoms with E-state index in [4.69, 9.17) is 9.72 Å². The molecule has 5 heteroatoms. The molecule has 4 rings (SSSR count). The zero-order valence-corrected chi connectivity index (χ0v) is 14.5. The number of aromatic nitrogens is 2. The lowest BCUT2D eigenvalue weighted by Crippen LogP contribution is -2.66. The zero-order chi connectivity index (χ0) is 15.9. The second-order valence-electron chi connectivity index (χ2n) is 7.11. The number of nitrogens with zero attached hydrogens (tertiary/aromatic N) is 2. The van der Waals surface area contributed by atoms with Gasteiger partial charge >= 0.3 is 0 Å². The number of nitrogens with one attached hydrogen (secondary N) is 1. The fourth-order valence-electron chi connectivity index (χ4n) is 4.15. The number of fused-ring (bicyclic) bond motifs is 1. The van der Waals surface area contributed by atoms with E-state index >= 15 is 0 Å². The van der Waals surface area contributed by atoms with Crippen LogP contribution in [0.1, 0.15) is 25.3 Å². The van der Waals surface area contributed by atoms with Crippen LogP contribution in [0.2, 0.25) is 0 Å². The van der Waals surface area contributed by atoms with Crippen LogP contribution >= 0.6 is 11.3 Å². The predicted octanol–water partition coefficient (Wildman–Crippen LogP) is 3.15. The Morgan fingerprint density at radius 1 is 1.35 bits per heavy atom. The lowest BCUT2D eigenvalue weighted by molar-refractivity contribution is -0.112. The van der Waals surface area contributed by atoms with Gasteiger partial charge in [0.05, 0.1) is 16.8 Å². The van der Waals surface area contributed by atoms with Gasteiger partial charge in [-0.05, 0) is 18.6 Å². The Labute approximate surface area is 141 Å². The Hall–Kier alpha value is -1.30. The van der Waals surface area contributed by atoms with Gasteiger partial charge in [-0.1, -0.05) is 13.8 Å². The Balaban J connectivity index is 1.33. The maximum atomic E-state index is 5.86. The van der Waals surface area contributed by atoms with Crippen molar-refractivity contribution in [1.82, 2.24) is 15.3 Å². The van der Waals surface area contributed by atoms with Crippen molar-refractivity contribution in [3.8, 4) is 11.3 Å². The molecule has 2 aliphatic rings. The van der Waals surface area contributed by atoms with Crippen LogP contribution in [-0.4, -0.2) is 35.3 Å². The minimum Gasteiger partial charge on any atom is -0.377 e. The van der Waals surface area contributed by atoms with Gasteiger partial charge in [0.1, 0.15) is 0 Å². The maximum absolute atomic E-state index is 5.86. The molecule has 3 heterocycles. The fraction of sp³-hybridized carbons (Fsp3) is 0.556. The first-order valence-electron chi connectivity index (χ1n) is 8.36. The van der Waals surface area contributed by atoms with E-state index in [1.807, 2.05) is 24.5 Å². The second-order valence-corrected chi connectivity index (χ2v) is 8.05. The fourth-order valence-corrected chi connectivity index (χ4v) is 4.96. The van der Waals surface area contributed by atoms with E-state index in [9.17, 15) is 0 Å². The molecule has 2 aromatic heterocycles. The van der Waals surface area contributed by atoms with Gasteiger partial charge in [0, 0.05) is 60.3 Å². The Morgan fingerprint density at radius 2 is 2.17 bits per heavy atom. The van der Waals surface area contributed by atoms with Gasteiger partial charge in [0.25, 0.3) is 0 Å². The molecule has 4 nitrogen and oxygen atoms in total. The lowest BCUT2D eigenvalue weighted by Gasteiger charge is -2.55. The van der Waals surface area contributed by atoms with Crippen LogP contribution in [0.3, 0.4) is 0 Å². The van der Waals surface area contributed by atoms with Crippen LogP contribution in [0.4, 0.5) is 0 Å². The quantitative estimate of drug-likeness (QED) is 0.915. The molecule has 1 aliphatic carbocycles. The Kier molecular flexibility index (Phi) is 3.95. The third kappa shape index (κ3) is 2.71. The van der Waals surface area contributed by atoms with Crippen molar-refractivity contribution in [2.75, 3.05) is 13.2 Å². The highest BCUT2D eigenvalue weighted by Crippen LogP contribution is 2.52. The Morgan fingerprint density at radius 3 is 3.00 bits per heavy atom. The first kappa shape index (κ1) is 15.2. The van der Waals surface area contributed by atoms with Crippen molar-refractivity contribution in [2.24, 2.45) is 11.3 Å². The van der Waals surface area contributed by atoms with Gasteiger partial charge in [-0.15, -0.1) is 11.3 Å². The van der Waals surface area contributed by atoms with E-state index in [2.05, 4.69) is 29.5 Å². The van der Waals surface area contributed by atoms with Crippen LogP contribution in [0.5, 0.6) is 0 Å². The van der Waals surface area contributed by atoms with Gasteiger partial charge in [-0.3, -0.25) is 4.98 Å².